The molecule has 3 N–H and O–H groups in total. The zero-order chi connectivity index (χ0) is 18.7. The van der Waals surface area contributed by atoms with E-state index in [0.29, 0.717) is 28.0 Å². The van der Waals surface area contributed by atoms with Crippen molar-refractivity contribution in [3.8, 4) is 0 Å². The zero-order valence-electron chi connectivity index (χ0n) is 14.9. The summed E-state index contributed by atoms with van der Waals surface area (Å²) in [4.78, 5) is 9.09. The van der Waals surface area contributed by atoms with E-state index in [1.807, 2.05) is 32.9 Å². The third-order valence-electron chi connectivity index (χ3n) is 3.97. The van der Waals surface area contributed by atoms with Crippen molar-refractivity contribution in [2.24, 2.45) is 0 Å². The summed E-state index contributed by atoms with van der Waals surface area (Å²) in [5.41, 5.74) is 2.03. The molecule has 0 aliphatic heterocycles. The van der Waals surface area contributed by atoms with Crippen molar-refractivity contribution in [1.29, 1.82) is 0 Å². The van der Waals surface area contributed by atoms with Crippen LogP contribution in [0, 0.1) is 0 Å². The monoisotopic (exact) mass is 375 g/mol. The molecule has 3 rings (SSSR count). The molecule has 0 radical (unpaired) electrons. The molecule has 8 nitrogen and oxygen atoms in total. The van der Waals surface area contributed by atoms with Crippen molar-refractivity contribution in [1.82, 2.24) is 25.0 Å². The first-order valence-corrected chi connectivity index (χ1v) is 8.92. The van der Waals surface area contributed by atoms with Gasteiger partial charge in [-0.05, 0) is 44.5 Å². The van der Waals surface area contributed by atoms with Crippen molar-refractivity contribution >= 4 is 40.2 Å². The number of nitrogens with one attached hydrogen (secondary N) is 2. The standard InChI is InChI=1S/C17H22ClN7O/c1-4-12(9-26)20-17-21-15(19-13-7-5-11(18)6-8-13)14-16(22-17)25(10(2)3)24-23-14/h5-8,10,12,26H,4,9H2,1-3H3,(H2,19,20,21,22). The van der Waals surface area contributed by atoms with Crippen LogP contribution < -0.4 is 10.6 Å². The molecule has 0 bridgehead atoms. The smallest absolute Gasteiger partial charge is 0.227 e. The van der Waals surface area contributed by atoms with E-state index in [0.717, 1.165) is 12.1 Å². The van der Waals surface area contributed by atoms with E-state index in [4.69, 9.17) is 11.6 Å². The lowest BCUT2D eigenvalue weighted by molar-refractivity contribution is 0.271. The number of hydrogen-bond donors (Lipinski definition) is 3. The van der Waals surface area contributed by atoms with Gasteiger partial charge in [0.05, 0.1) is 18.7 Å². The van der Waals surface area contributed by atoms with E-state index in [2.05, 4.69) is 30.9 Å². The van der Waals surface area contributed by atoms with Crippen LogP contribution in [0.3, 0.4) is 0 Å². The highest BCUT2D eigenvalue weighted by molar-refractivity contribution is 6.30. The molecule has 1 unspecified atom stereocenters. The molecular weight excluding hydrogens is 354 g/mol. The van der Waals surface area contributed by atoms with Crippen LogP contribution in [0.1, 0.15) is 33.2 Å². The van der Waals surface area contributed by atoms with E-state index in [9.17, 15) is 5.11 Å². The van der Waals surface area contributed by atoms with Crippen LogP contribution >= 0.6 is 11.6 Å². The number of halogens is 1. The predicted molar refractivity (Wildman–Crippen MR) is 103 cm³/mol. The number of aliphatic hydroxyl groups is 1. The zero-order valence-corrected chi connectivity index (χ0v) is 15.7. The minimum atomic E-state index is -0.126. The summed E-state index contributed by atoms with van der Waals surface area (Å²) in [7, 11) is 0. The van der Waals surface area contributed by atoms with Gasteiger partial charge in [0.1, 0.15) is 0 Å². The van der Waals surface area contributed by atoms with E-state index in [1.54, 1.807) is 16.8 Å². The van der Waals surface area contributed by atoms with Crippen LogP contribution in [0.4, 0.5) is 17.5 Å². The summed E-state index contributed by atoms with van der Waals surface area (Å²) < 4.78 is 1.75. The SMILES string of the molecule is CCC(CO)Nc1nc(Nc2ccc(Cl)cc2)c2nnn(C(C)C)c2n1. The van der Waals surface area contributed by atoms with Crippen molar-refractivity contribution in [2.75, 3.05) is 17.2 Å². The Hall–Kier alpha value is -2.45. The fourth-order valence-corrected chi connectivity index (χ4v) is 2.58. The molecule has 0 spiro atoms. The number of aromatic nitrogens is 5. The minimum absolute atomic E-state index is 0.000460. The van der Waals surface area contributed by atoms with E-state index in [1.165, 1.54) is 0 Å². The first kappa shape index (κ1) is 18.3. The largest absolute Gasteiger partial charge is 0.394 e. The van der Waals surface area contributed by atoms with Gasteiger partial charge in [0.15, 0.2) is 17.0 Å². The number of nitrogens with zero attached hydrogens (tertiary/aromatic N) is 5. The number of benzene rings is 1. The Balaban J connectivity index is 2.05. The molecule has 0 amide bonds. The Bertz CT molecular complexity index is 875. The number of rotatable bonds is 7. The molecule has 138 valence electrons. The van der Waals surface area contributed by atoms with Crippen molar-refractivity contribution in [3.05, 3.63) is 29.3 Å². The fourth-order valence-electron chi connectivity index (χ4n) is 2.46. The van der Waals surface area contributed by atoms with Crippen molar-refractivity contribution in [2.45, 2.75) is 39.3 Å². The fraction of sp³-hybridized carbons (Fsp3) is 0.412. The molecule has 2 aromatic heterocycles. The highest BCUT2D eigenvalue weighted by Gasteiger charge is 2.18. The van der Waals surface area contributed by atoms with Crippen molar-refractivity contribution < 1.29 is 5.11 Å². The van der Waals surface area contributed by atoms with Gasteiger partial charge < -0.3 is 15.7 Å². The molecule has 0 aliphatic carbocycles. The third kappa shape index (κ3) is 3.86. The normalized spacial score (nSPS) is 12.5. The topological polar surface area (TPSA) is 101 Å². The summed E-state index contributed by atoms with van der Waals surface area (Å²) in [6, 6.07) is 7.29. The lowest BCUT2D eigenvalue weighted by Gasteiger charge is -2.15. The van der Waals surface area contributed by atoms with Crippen LogP contribution in [0.5, 0.6) is 0 Å². The van der Waals surface area contributed by atoms with Crippen LogP contribution in [0.2, 0.25) is 5.02 Å². The Labute approximate surface area is 156 Å². The first-order valence-electron chi connectivity index (χ1n) is 8.54. The maximum absolute atomic E-state index is 9.46. The maximum atomic E-state index is 9.46. The van der Waals surface area contributed by atoms with E-state index >= 15 is 0 Å². The van der Waals surface area contributed by atoms with Gasteiger partial charge >= 0.3 is 0 Å². The molecule has 0 saturated heterocycles. The second-order valence-electron chi connectivity index (χ2n) is 6.26. The van der Waals surface area contributed by atoms with E-state index < -0.39 is 0 Å². The molecule has 9 heteroatoms. The summed E-state index contributed by atoms with van der Waals surface area (Å²) in [5.74, 6) is 0.957. The Morgan fingerprint density at radius 3 is 2.54 bits per heavy atom. The van der Waals surface area contributed by atoms with Crippen LogP contribution in [-0.4, -0.2) is 42.7 Å². The van der Waals surface area contributed by atoms with Gasteiger partial charge in [-0.1, -0.05) is 23.7 Å². The number of hydrogen-bond acceptors (Lipinski definition) is 7. The van der Waals surface area contributed by atoms with Gasteiger partial charge in [-0.25, -0.2) is 4.68 Å². The van der Waals surface area contributed by atoms with Gasteiger partial charge in [0, 0.05) is 10.7 Å². The minimum Gasteiger partial charge on any atom is -0.394 e. The van der Waals surface area contributed by atoms with Gasteiger partial charge in [-0.3, -0.25) is 0 Å². The average molecular weight is 376 g/mol. The maximum Gasteiger partial charge on any atom is 0.227 e. The Kier molecular flexibility index (Phi) is 5.53. The van der Waals surface area contributed by atoms with Gasteiger partial charge in [0.25, 0.3) is 0 Å². The Morgan fingerprint density at radius 1 is 1.19 bits per heavy atom. The van der Waals surface area contributed by atoms with Crippen LogP contribution in [-0.2, 0) is 0 Å². The summed E-state index contributed by atoms with van der Waals surface area (Å²) in [6.07, 6.45) is 0.750. The van der Waals surface area contributed by atoms with Gasteiger partial charge in [-0.15, -0.1) is 5.10 Å². The highest BCUT2D eigenvalue weighted by Crippen LogP contribution is 2.26. The predicted octanol–water partition coefficient (Wildman–Crippen LogP) is 3.38. The quantitative estimate of drug-likeness (QED) is 0.581. The number of anilines is 3. The number of fused-ring (bicyclic) bond motifs is 1. The molecule has 1 atom stereocenters. The van der Waals surface area contributed by atoms with E-state index in [-0.39, 0.29) is 18.7 Å². The summed E-state index contributed by atoms with van der Waals surface area (Å²) in [6.45, 7) is 6.01. The molecule has 26 heavy (non-hydrogen) atoms. The third-order valence-corrected chi connectivity index (χ3v) is 4.22. The second-order valence-corrected chi connectivity index (χ2v) is 6.70. The van der Waals surface area contributed by atoms with Gasteiger partial charge in [-0.2, -0.15) is 9.97 Å². The lowest BCUT2D eigenvalue weighted by atomic mass is 10.2. The Morgan fingerprint density at radius 2 is 1.92 bits per heavy atom. The molecule has 0 fully saturated rings. The summed E-state index contributed by atoms with van der Waals surface area (Å²) in [5, 5.41) is 25.0. The molecule has 2 heterocycles. The molecule has 0 saturated carbocycles. The van der Waals surface area contributed by atoms with Crippen LogP contribution in [0.15, 0.2) is 24.3 Å². The molecule has 0 aliphatic rings. The van der Waals surface area contributed by atoms with Crippen molar-refractivity contribution in [3.63, 3.8) is 0 Å². The number of aliphatic hydroxyl groups excluding tert-OH is 1. The molecule has 3 aromatic rings. The highest BCUT2D eigenvalue weighted by atomic mass is 35.5. The summed E-state index contributed by atoms with van der Waals surface area (Å²) >= 11 is 5.95. The molecule has 1 aromatic carbocycles. The second kappa shape index (κ2) is 7.84. The first-order chi connectivity index (χ1) is 12.5. The van der Waals surface area contributed by atoms with Gasteiger partial charge in [0.2, 0.25) is 5.95 Å². The lowest BCUT2D eigenvalue weighted by Crippen LogP contribution is -2.24. The molecular formula is C17H22ClN7O. The average Bonchev–Trinajstić information content (AvgIpc) is 3.06. The van der Waals surface area contributed by atoms with Crippen LogP contribution in [0.25, 0.3) is 11.2 Å².